The molecule has 1 amide bonds. The van der Waals surface area contributed by atoms with Gasteiger partial charge >= 0.3 is 0 Å². The van der Waals surface area contributed by atoms with Crippen LogP contribution in [-0.4, -0.2) is 31.8 Å². The fourth-order valence-electron chi connectivity index (χ4n) is 2.51. The molecule has 1 atom stereocenters. The number of hydrogen-bond donors (Lipinski definition) is 2. The third kappa shape index (κ3) is 5.15. The number of nitrogen functional groups attached to an aromatic ring is 1. The Morgan fingerprint density at radius 1 is 1.20 bits per heavy atom. The Morgan fingerprint density at radius 3 is 2.60 bits per heavy atom. The van der Waals surface area contributed by atoms with Gasteiger partial charge < -0.3 is 15.9 Å². The van der Waals surface area contributed by atoms with E-state index in [0.29, 0.717) is 28.0 Å². The van der Waals surface area contributed by atoms with Gasteiger partial charge in [0.25, 0.3) is 0 Å². The summed E-state index contributed by atoms with van der Waals surface area (Å²) >= 11 is 1.12. The molecule has 0 bridgehead atoms. The van der Waals surface area contributed by atoms with Gasteiger partial charge in [-0.25, -0.2) is 9.07 Å². The highest BCUT2D eigenvalue weighted by molar-refractivity contribution is 8.00. The fraction of sp³-hybridized carbons (Fsp3) is 0.200. The molecule has 0 aliphatic heterocycles. The molecule has 0 radical (unpaired) electrons. The first-order valence-electron chi connectivity index (χ1n) is 9.00. The Hall–Kier alpha value is -3.40. The predicted octanol–water partition coefficient (Wildman–Crippen LogP) is 3.03. The summed E-state index contributed by atoms with van der Waals surface area (Å²) in [6.07, 6.45) is 0. The number of ketones is 1. The smallest absolute Gasteiger partial charge is 0.237 e. The molecule has 0 aliphatic rings. The maximum atomic E-state index is 12.9. The number of hydrogen-bond acceptors (Lipinski definition) is 7. The summed E-state index contributed by atoms with van der Waals surface area (Å²) in [5.41, 5.74) is 0.885. The molecule has 0 spiro atoms. The number of Topliss-reactive ketones (excluding diaryl/α,β-unsaturated/α-hetero) is 1. The topological polar surface area (TPSA) is 112 Å². The molecule has 3 aromatic rings. The summed E-state index contributed by atoms with van der Waals surface area (Å²) in [5.74, 6) is 6.01. The number of rotatable bonds is 8. The average molecular weight is 429 g/mol. The normalized spacial score (nSPS) is 11.7. The van der Waals surface area contributed by atoms with Crippen molar-refractivity contribution in [2.24, 2.45) is 0 Å². The van der Waals surface area contributed by atoms with E-state index >= 15 is 0 Å². The van der Waals surface area contributed by atoms with E-state index in [9.17, 15) is 14.0 Å². The summed E-state index contributed by atoms with van der Waals surface area (Å²) in [5, 5.41) is 10.5. The van der Waals surface area contributed by atoms with Crippen LogP contribution >= 0.6 is 11.8 Å². The minimum absolute atomic E-state index is 0.0300. The summed E-state index contributed by atoms with van der Waals surface area (Å²) in [6, 6.07) is 12.4. The molecule has 1 unspecified atom stereocenters. The minimum atomic E-state index is -0.553. The molecule has 0 saturated heterocycles. The Balaban J connectivity index is 1.61. The van der Waals surface area contributed by atoms with Crippen molar-refractivity contribution >= 4 is 29.1 Å². The minimum Gasteiger partial charge on any atom is -0.486 e. The molecule has 10 heteroatoms. The van der Waals surface area contributed by atoms with Gasteiger partial charge in [0, 0.05) is 5.56 Å². The van der Waals surface area contributed by atoms with Crippen LogP contribution in [0.1, 0.15) is 30.0 Å². The van der Waals surface area contributed by atoms with Crippen molar-refractivity contribution in [1.29, 1.82) is 0 Å². The van der Waals surface area contributed by atoms with Crippen LogP contribution in [0.4, 0.5) is 10.1 Å². The van der Waals surface area contributed by atoms with Crippen LogP contribution in [0.3, 0.4) is 0 Å². The second-order valence-electron chi connectivity index (χ2n) is 6.36. The summed E-state index contributed by atoms with van der Waals surface area (Å²) in [7, 11) is 0. The first kappa shape index (κ1) is 21.3. The third-order valence-corrected chi connectivity index (χ3v) is 5.19. The van der Waals surface area contributed by atoms with Crippen LogP contribution in [0.15, 0.2) is 53.7 Å². The molecule has 156 valence electrons. The molecule has 1 aromatic heterocycles. The molecule has 2 aromatic carbocycles. The van der Waals surface area contributed by atoms with Crippen molar-refractivity contribution in [3.8, 4) is 5.75 Å². The molecule has 0 fully saturated rings. The highest BCUT2D eigenvalue weighted by Gasteiger charge is 2.21. The van der Waals surface area contributed by atoms with Crippen molar-refractivity contribution in [1.82, 2.24) is 14.9 Å². The van der Waals surface area contributed by atoms with Crippen LogP contribution in [0.5, 0.6) is 5.75 Å². The summed E-state index contributed by atoms with van der Waals surface area (Å²) in [6.45, 7) is 3.16. The van der Waals surface area contributed by atoms with Crippen molar-refractivity contribution in [3.05, 3.63) is 65.7 Å². The third-order valence-electron chi connectivity index (χ3n) is 4.13. The standard InChI is InChI=1S/C20H20FN5O3S/c1-12(27)16-5-3-4-6-17(16)23-19(28)13(2)30-20-25-24-18(26(20)22)11-29-15-9-7-14(21)8-10-15/h3-10,13H,11,22H2,1-2H3,(H,23,28). The number of amides is 1. The lowest BCUT2D eigenvalue weighted by Crippen LogP contribution is -2.24. The maximum absolute atomic E-state index is 12.9. The largest absolute Gasteiger partial charge is 0.486 e. The van der Waals surface area contributed by atoms with E-state index in [1.54, 1.807) is 31.2 Å². The maximum Gasteiger partial charge on any atom is 0.237 e. The van der Waals surface area contributed by atoms with Crippen LogP contribution in [-0.2, 0) is 11.4 Å². The van der Waals surface area contributed by atoms with Gasteiger partial charge in [0.1, 0.15) is 18.2 Å². The molecule has 3 N–H and O–H groups in total. The lowest BCUT2D eigenvalue weighted by molar-refractivity contribution is -0.115. The highest BCUT2D eigenvalue weighted by Crippen LogP contribution is 2.24. The molecule has 0 saturated carbocycles. The Labute approximate surface area is 176 Å². The second-order valence-corrected chi connectivity index (χ2v) is 7.67. The predicted molar refractivity (Wildman–Crippen MR) is 111 cm³/mol. The highest BCUT2D eigenvalue weighted by atomic mass is 32.2. The molecule has 8 nitrogen and oxygen atoms in total. The Bertz CT molecular complexity index is 1050. The number of ether oxygens (including phenoxy) is 1. The van der Waals surface area contributed by atoms with Crippen LogP contribution in [0.25, 0.3) is 0 Å². The number of nitrogens with zero attached hydrogens (tertiary/aromatic N) is 3. The number of nitrogens with two attached hydrogens (primary N) is 1. The molecule has 1 heterocycles. The van der Waals surface area contributed by atoms with Crippen molar-refractivity contribution in [2.75, 3.05) is 11.2 Å². The number of aromatic nitrogens is 3. The number of halogens is 1. The van der Waals surface area contributed by atoms with E-state index < -0.39 is 5.25 Å². The summed E-state index contributed by atoms with van der Waals surface area (Å²) in [4.78, 5) is 24.3. The monoisotopic (exact) mass is 429 g/mol. The number of carbonyl (C=O) groups excluding carboxylic acids is 2. The van der Waals surface area contributed by atoms with Gasteiger partial charge in [0.15, 0.2) is 11.6 Å². The average Bonchev–Trinajstić information content (AvgIpc) is 3.07. The first-order chi connectivity index (χ1) is 14.3. The SMILES string of the molecule is CC(=O)c1ccccc1NC(=O)C(C)Sc1nnc(COc2ccc(F)cc2)n1N. The van der Waals surface area contributed by atoms with Gasteiger partial charge in [-0.2, -0.15) is 0 Å². The zero-order valence-electron chi connectivity index (χ0n) is 16.3. The molecular formula is C20H20FN5O3S. The van der Waals surface area contributed by atoms with E-state index in [1.165, 1.54) is 35.9 Å². The fourth-order valence-corrected chi connectivity index (χ4v) is 3.30. The van der Waals surface area contributed by atoms with E-state index in [-0.39, 0.29) is 24.1 Å². The van der Waals surface area contributed by atoms with Crippen LogP contribution in [0.2, 0.25) is 0 Å². The van der Waals surface area contributed by atoms with E-state index in [2.05, 4.69) is 15.5 Å². The number of para-hydroxylation sites is 1. The lowest BCUT2D eigenvalue weighted by atomic mass is 10.1. The van der Waals surface area contributed by atoms with Gasteiger partial charge in [-0.3, -0.25) is 9.59 Å². The van der Waals surface area contributed by atoms with Gasteiger partial charge in [0.2, 0.25) is 11.1 Å². The molecular weight excluding hydrogens is 409 g/mol. The number of benzene rings is 2. The second kappa shape index (κ2) is 9.40. The Kier molecular flexibility index (Phi) is 6.68. The molecule has 30 heavy (non-hydrogen) atoms. The first-order valence-corrected chi connectivity index (χ1v) is 9.88. The molecule has 3 rings (SSSR count). The number of carbonyl (C=O) groups is 2. The Morgan fingerprint density at radius 2 is 1.90 bits per heavy atom. The van der Waals surface area contributed by atoms with E-state index in [4.69, 9.17) is 10.6 Å². The number of anilines is 1. The van der Waals surface area contributed by atoms with Gasteiger partial charge in [-0.05, 0) is 50.2 Å². The van der Waals surface area contributed by atoms with Gasteiger partial charge in [-0.1, -0.05) is 23.9 Å². The number of nitrogens with one attached hydrogen (secondary N) is 1. The summed E-state index contributed by atoms with van der Waals surface area (Å²) < 4.78 is 19.7. The van der Waals surface area contributed by atoms with Crippen molar-refractivity contribution in [3.63, 3.8) is 0 Å². The van der Waals surface area contributed by atoms with Crippen molar-refractivity contribution < 1.29 is 18.7 Å². The van der Waals surface area contributed by atoms with Crippen LogP contribution < -0.4 is 15.9 Å². The van der Waals surface area contributed by atoms with E-state index in [1.807, 2.05) is 0 Å². The van der Waals surface area contributed by atoms with E-state index in [0.717, 1.165) is 11.8 Å². The molecule has 0 aliphatic carbocycles. The van der Waals surface area contributed by atoms with Crippen LogP contribution in [0, 0.1) is 5.82 Å². The quantitative estimate of drug-likeness (QED) is 0.321. The zero-order chi connectivity index (χ0) is 21.7. The number of thioether (sulfide) groups is 1. The van der Waals surface area contributed by atoms with Crippen molar-refractivity contribution in [2.45, 2.75) is 30.9 Å². The van der Waals surface area contributed by atoms with Gasteiger partial charge in [0.05, 0.1) is 10.9 Å². The zero-order valence-corrected chi connectivity index (χ0v) is 17.1. The lowest BCUT2D eigenvalue weighted by Gasteiger charge is -2.13. The van der Waals surface area contributed by atoms with Gasteiger partial charge in [-0.15, -0.1) is 10.2 Å².